The number of ether oxygens (including phenoxy) is 1. The van der Waals surface area contributed by atoms with Gasteiger partial charge in [-0.3, -0.25) is 0 Å². The van der Waals surface area contributed by atoms with E-state index in [1.54, 1.807) is 7.11 Å². The summed E-state index contributed by atoms with van der Waals surface area (Å²) in [6.07, 6.45) is 3.98. The van der Waals surface area contributed by atoms with Gasteiger partial charge in [0, 0.05) is 25.6 Å². The van der Waals surface area contributed by atoms with E-state index in [0.717, 1.165) is 31.0 Å². The fraction of sp³-hybridized carbons (Fsp3) is 0.667. The third-order valence-electron chi connectivity index (χ3n) is 5.01. The highest BCUT2D eigenvalue weighted by Gasteiger charge is 2.38. The number of hydrogen-bond donors (Lipinski definition) is 1. The first-order chi connectivity index (χ1) is 10.4. The molecule has 2 aliphatic rings. The molecule has 1 aromatic rings. The zero-order valence-electron chi connectivity index (χ0n) is 13.1. The Morgan fingerprint density at radius 3 is 2.67 bits per heavy atom. The first-order valence-corrected chi connectivity index (χ1v) is 8.36. The lowest BCUT2D eigenvalue weighted by Crippen LogP contribution is -2.39. The van der Waals surface area contributed by atoms with E-state index in [2.05, 4.69) is 40.5 Å². The number of benzene rings is 1. The van der Waals surface area contributed by atoms with Crippen LogP contribution in [-0.2, 0) is 4.74 Å². The lowest BCUT2D eigenvalue weighted by atomic mass is 9.97. The first-order valence-electron chi connectivity index (χ1n) is 8.36. The van der Waals surface area contributed by atoms with Crippen LogP contribution in [-0.4, -0.2) is 50.8 Å². The smallest absolute Gasteiger partial charge is 0.0589 e. The number of hydrogen-bond acceptors (Lipinski definition) is 3. The Kier molecular flexibility index (Phi) is 5.28. The molecule has 2 unspecified atom stereocenters. The number of piperidine rings is 1. The minimum atomic E-state index is 0.721. The summed E-state index contributed by atoms with van der Waals surface area (Å²) in [5.41, 5.74) is 1.50. The lowest BCUT2D eigenvalue weighted by molar-refractivity contribution is 0.120. The van der Waals surface area contributed by atoms with Crippen molar-refractivity contribution in [3.05, 3.63) is 35.9 Å². The summed E-state index contributed by atoms with van der Waals surface area (Å²) in [5.74, 6) is 1.62. The molecule has 116 valence electrons. The summed E-state index contributed by atoms with van der Waals surface area (Å²) in [4.78, 5) is 2.53. The van der Waals surface area contributed by atoms with Gasteiger partial charge in [-0.25, -0.2) is 0 Å². The normalized spacial score (nSPS) is 26.9. The summed E-state index contributed by atoms with van der Waals surface area (Å²) in [7, 11) is 1.79. The van der Waals surface area contributed by atoms with Gasteiger partial charge in [-0.2, -0.15) is 0 Å². The van der Waals surface area contributed by atoms with Gasteiger partial charge < -0.3 is 15.0 Å². The topological polar surface area (TPSA) is 24.5 Å². The van der Waals surface area contributed by atoms with Crippen LogP contribution in [0.2, 0.25) is 0 Å². The number of methoxy groups -OCH3 is 1. The summed E-state index contributed by atoms with van der Waals surface area (Å²) in [6, 6.07) is 11.7. The van der Waals surface area contributed by atoms with Crippen molar-refractivity contribution in [2.45, 2.75) is 31.2 Å². The Morgan fingerprint density at radius 1 is 1.19 bits per heavy atom. The average molecular weight is 288 g/mol. The highest BCUT2D eigenvalue weighted by molar-refractivity contribution is 5.27. The zero-order chi connectivity index (χ0) is 14.5. The number of nitrogens with zero attached hydrogens (tertiary/aromatic N) is 1. The predicted molar refractivity (Wildman–Crippen MR) is 86.6 cm³/mol. The quantitative estimate of drug-likeness (QED) is 0.834. The first kappa shape index (κ1) is 15.0. The van der Waals surface area contributed by atoms with Crippen molar-refractivity contribution < 1.29 is 4.74 Å². The molecule has 3 rings (SSSR count). The van der Waals surface area contributed by atoms with Crippen LogP contribution in [0, 0.1) is 5.92 Å². The Balaban J connectivity index is 1.33. The Hall–Kier alpha value is -0.900. The van der Waals surface area contributed by atoms with Gasteiger partial charge in [-0.1, -0.05) is 30.3 Å². The molecule has 0 spiro atoms. The van der Waals surface area contributed by atoms with Crippen LogP contribution in [0.3, 0.4) is 0 Å². The van der Waals surface area contributed by atoms with Crippen molar-refractivity contribution >= 4 is 0 Å². The standard InChI is InChI=1S/C18H28N2O/c1-21-12-11-20-9-7-15(8-10-20)14-19-18-13-17(18)16-5-3-2-4-6-16/h2-6,15,17-19H,7-14H2,1H3. The Bertz CT molecular complexity index is 414. The maximum atomic E-state index is 5.16. The Morgan fingerprint density at radius 2 is 1.95 bits per heavy atom. The van der Waals surface area contributed by atoms with Crippen LogP contribution in [0.5, 0.6) is 0 Å². The summed E-state index contributed by atoms with van der Waals surface area (Å²) < 4.78 is 5.16. The second kappa shape index (κ2) is 7.39. The van der Waals surface area contributed by atoms with E-state index in [0.29, 0.717) is 0 Å². The molecule has 3 nitrogen and oxygen atoms in total. The number of likely N-dealkylation sites (tertiary alicyclic amines) is 1. The summed E-state index contributed by atoms with van der Waals surface area (Å²) in [5, 5.41) is 3.79. The van der Waals surface area contributed by atoms with Gasteiger partial charge in [0.15, 0.2) is 0 Å². The molecule has 1 aromatic carbocycles. The van der Waals surface area contributed by atoms with Crippen molar-refractivity contribution in [3.63, 3.8) is 0 Å². The lowest BCUT2D eigenvalue weighted by Gasteiger charge is -2.31. The van der Waals surface area contributed by atoms with E-state index in [4.69, 9.17) is 4.74 Å². The molecule has 0 amide bonds. The van der Waals surface area contributed by atoms with Gasteiger partial charge in [0.05, 0.1) is 6.61 Å². The van der Waals surface area contributed by atoms with Crippen LogP contribution in [0.1, 0.15) is 30.7 Å². The number of rotatable bonds is 7. The molecular formula is C18H28N2O. The van der Waals surface area contributed by atoms with E-state index in [1.165, 1.54) is 44.5 Å². The molecule has 3 heteroatoms. The van der Waals surface area contributed by atoms with Crippen LogP contribution in [0.25, 0.3) is 0 Å². The predicted octanol–water partition coefficient (Wildman–Crippen LogP) is 2.49. The fourth-order valence-corrected chi connectivity index (χ4v) is 3.44. The highest BCUT2D eigenvalue weighted by atomic mass is 16.5. The molecule has 1 aliphatic heterocycles. The monoisotopic (exact) mass is 288 g/mol. The van der Waals surface area contributed by atoms with Crippen LogP contribution in [0.4, 0.5) is 0 Å². The van der Waals surface area contributed by atoms with Crippen molar-refractivity contribution in [2.24, 2.45) is 5.92 Å². The second-order valence-electron chi connectivity index (χ2n) is 6.55. The zero-order valence-corrected chi connectivity index (χ0v) is 13.1. The highest BCUT2D eigenvalue weighted by Crippen LogP contribution is 2.40. The van der Waals surface area contributed by atoms with E-state index in [-0.39, 0.29) is 0 Å². The third-order valence-corrected chi connectivity index (χ3v) is 5.01. The average Bonchev–Trinajstić information content (AvgIpc) is 3.32. The van der Waals surface area contributed by atoms with Crippen LogP contribution < -0.4 is 5.32 Å². The van der Waals surface area contributed by atoms with E-state index >= 15 is 0 Å². The van der Waals surface area contributed by atoms with Gasteiger partial charge in [-0.15, -0.1) is 0 Å². The van der Waals surface area contributed by atoms with E-state index in [1.807, 2.05) is 0 Å². The van der Waals surface area contributed by atoms with Crippen molar-refractivity contribution in [2.75, 3.05) is 39.9 Å². The van der Waals surface area contributed by atoms with Gasteiger partial charge >= 0.3 is 0 Å². The Labute approximate surface area is 128 Å². The molecule has 0 radical (unpaired) electrons. The van der Waals surface area contributed by atoms with Gasteiger partial charge in [-0.05, 0) is 50.4 Å². The molecule has 21 heavy (non-hydrogen) atoms. The SMILES string of the molecule is COCCN1CCC(CNC2CC2c2ccccc2)CC1. The van der Waals surface area contributed by atoms with Crippen molar-refractivity contribution in [1.29, 1.82) is 0 Å². The molecular weight excluding hydrogens is 260 g/mol. The molecule has 1 N–H and O–H groups in total. The van der Waals surface area contributed by atoms with Crippen LogP contribution >= 0.6 is 0 Å². The van der Waals surface area contributed by atoms with Crippen molar-refractivity contribution in [1.82, 2.24) is 10.2 Å². The summed E-state index contributed by atoms with van der Waals surface area (Å²) >= 11 is 0. The molecule has 1 saturated carbocycles. The largest absolute Gasteiger partial charge is 0.383 e. The number of nitrogens with one attached hydrogen (secondary N) is 1. The molecule has 2 atom stereocenters. The molecule has 1 aliphatic carbocycles. The minimum absolute atomic E-state index is 0.721. The van der Waals surface area contributed by atoms with Crippen molar-refractivity contribution in [3.8, 4) is 0 Å². The molecule has 0 bridgehead atoms. The molecule has 1 heterocycles. The maximum Gasteiger partial charge on any atom is 0.0589 e. The van der Waals surface area contributed by atoms with Gasteiger partial charge in [0.25, 0.3) is 0 Å². The van der Waals surface area contributed by atoms with E-state index in [9.17, 15) is 0 Å². The summed E-state index contributed by atoms with van der Waals surface area (Å²) in [6.45, 7) is 5.64. The minimum Gasteiger partial charge on any atom is -0.383 e. The van der Waals surface area contributed by atoms with E-state index < -0.39 is 0 Å². The van der Waals surface area contributed by atoms with Gasteiger partial charge in [0.1, 0.15) is 0 Å². The second-order valence-corrected chi connectivity index (χ2v) is 6.55. The molecule has 2 fully saturated rings. The molecule has 0 aromatic heterocycles. The maximum absolute atomic E-state index is 5.16. The van der Waals surface area contributed by atoms with Crippen LogP contribution in [0.15, 0.2) is 30.3 Å². The fourth-order valence-electron chi connectivity index (χ4n) is 3.44. The van der Waals surface area contributed by atoms with Gasteiger partial charge in [0.2, 0.25) is 0 Å². The third kappa shape index (κ3) is 4.29. The molecule has 1 saturated heterocycles.